The molecule has 0 bridgehead atoms. The molecule has 338 valence electrons. The lowest BCUT2D eigenvalue weighted by molar-refractivity contribution is -0.274. The number of hydrogen-bond donors (Lipinski definition) is 2. The van der Waals surface area contributed by atoms with Crippen LogP contribution in [0.25, 0.3) is 43.6 Å². The number of imide groups is 1. The summed E-state index contributed by atoms with van der Waals surface area (Å²) >= 11 is 0. The fourth-order valence-corrected chi connectivity index (χ4v) is 12.9. The van der Waals surface area contributed by atoms with E-state index in [1.165, 1.54) is 24.3 Å². The first-order chi connectivity index (χ1) is 32.2. The van der Waals surface area contributed by atoms with Crippen molar-refractivity contribution < 1.29 is 41.7 Å². The number of hydrogen-bond acceptors (Lipinski definition) is 7. The van der Waals surface area contributed by atoms with Gasteiger partial charge in [0.25, 0.3) is 11.8 Å². The summed E-state index contributed by atoms with van der Waals surface area (Å²) in [5.74, 6) is -2.15. The highest BCUT2D eigenvalue weighted by molar-refractivity contribution is 6.73. The summed E-state index contributed by atoms with van der Waals surface area (Å²) < 4.78 is 68.7. The summed E-state index contributed by atoms with van der Waals surface area (Å²) in [6, 6.07) is 40.8. The quantitative estimate of drug-likeness (QED) is 0.0733. The maximum Gasteiger partial charge on any atom is 0.259 e. The second kappa shape index (κ2) is 18.3. The summed E-state index contributed by atoms with van der Waals surface area (Å²) in [4.78, 5) is 31.4. The fraction of sp³-hybridized carbons (Fsp3) is 0.283. The number of carbonyl (C=O) groups excluding carboxylic acids is 2. The van der Waals surface area contributed by atoms with Gasteiger partial charge in [0.05, 0.1) is 54.1 Å². The molecule has 1 fully saturated rings. The SMILES string of the molecule is CC[Si](CC)(CC)O[C@@H]1[C@@H](OCc2ccccc2)[C@H](OCc2ccccc2)[C@@H](COCc2ccccc2)O[C@H]1n1c2cc(F)ccc2c2c3c(c4c5ccc(F)cc5[nH]c4c21)C(=O)NC3=O. The van der Waals surface area contributed by atoms with Crippen LogP contribution in [0.2, 0.25) is 18.1 Å². The van der Waals surface area contributed by atoms with E-state index in [1.54, 1.807) is 12.1 Å². The van der Waals surface area contributed by atoms with Crippen LogP contribution < -0.4 is 5.32 Å². The van der Waals surface area contributed by atoms with E-state index in [0.29, 0.717) is 50.2 Å². The molecule has 10 nitrogen and oxygen atoms in total. The van der Waals surface area contributed by atoms with Gasteiger partial charge >= 0.3 is 0 Å². The first kappa shape index (κ1) is 43.8. The van der Waals surface area contributed by atoms with Crippen LogP contribution in [0, 0.1) is 11.6 Å². The highest BCUT2D eigenvalue weighted by Crippen LogP contribution is 2.48. The molecule has 0 spiro atoms. The van der Waals surface area contributed by atoms with Crippen molar-refractivity contribution in [3.8, 4) is 0 Å². The van der Waals surface area contributed by atoms with Gasteiger partial charge in [0.15, 0.2) is 14.5 Å². The Morgan fingerprint density at radius 1 is 0.636 bits per heavy atom. The minimum absolute atomic E-state index is 0.0829. The predicted octanol–water partition coefficient (Wildman–Crippen LogP) is 11.3. The minimum Gasteiger partial charge on any atom is -0.407 e. The average molecular weight is 908 g/mol. The third-order valence-corrected chi connectivity index (χ3v) is 18.2. The Labute approximate surface area is 381 Å². The molecule has 2 amide bonds. The van der Waals surface area contributed by atoms with Crippen LogP contribution in [-0.2, 0) is 43.2 Å². The third kappa shape index (κ3) is 7.93. The van der Waals surface area contributed by atoms with E-state index >= 15 is 8.78 Å². The number of fused-ring (bicyclic) bond motifs is 10. The first-order valence-corrected chi connectivity index (χ1v) is 25.3. The van der Waals surface area contributed by atoms with E-state index in [-0.39, 0.29) is 30.9 Å². The van der Waals surface area contributed by atoms with E-state index in [4.69, 9.17) is 23.4 Å². The molecule has 0 unspecified atom stereocenters. The molecule has 1 saturated heterocycles. The summed E-state index contributed by atoms with van der Waals surface area (Å²) in [6.07, 6.45) is -4.22. The average Bonchev–Trinajstić information content (AvgIpc) is 3.98. The number of aromatic nitrogens is 2. The number of rotatable bonds is 16. The molecular formula is C53H51F2N3O7Si. The summed E-state index contributed by atoms with van der Waals surface area (Å²) in [7, 11) is -2.58. The minimum atomic E-state index is -2.58. The number of halogens is 2. The molecule has 5 atom stereocenters. The lowest BCUT2D eigenvalue weighted by Crippen LogP contribution is -2.61. The number of aromatic amines is 1. The Balaban J connectivity index is 1.24. The zero-order chi connectivity index (χ0) is 45.5. The van der Waals surface area contributed by atoms with Gasteiger partial charge < -0.3 is 32.9 Å². The van der Waals surface area contributed by atoms with Crippen LogP contribution in [0.15, 0.2) is 127 Å². The summed E-state index contributed by atoms with van der Waals surface area (Å²) in [5, 5.41) is 4.46. The normalized spacial score (nSPS) is 19.9. The lowest BCUT2D eigenvalue weighted by atomic mass is 9.96. The van der Waals surface area contributed by atoms with Gasteiger partial charge in [-0.15, -0.1) is 0 Å². The molecule has 66 heavy (non-hydrogen) atoms. The molecule has 2 N–H and O–H groups in total. The molecule has 0 radical (unpaired) electrons. The zero-order valence-corrected chi connectivity index (χ0v) is 38.0. The molecule has 8 aromatic rings. The van der Waals surface area contributed by atoms with Gasteiger partial charge in [0.2, 0.25) is 0 Å². The van der Waals surface area contributed by atoms with Gasteiger partial charge in [-0.2, -0.15) is 0 Å². The molecule has 2 aromatic heterocycles. The molecule has 13 heteroatoms. The van der Waals surface area contributed by atoms with Gasteiger partial charge in [0, 0.05) is 27.1 Å². The van der Waals surface area contributed by atoms with E-state index in [1.807, 2.05) is 95.6 Å². The Kier molecular flexibility index (Phi) is 12.2. The van der Waals surface area contributed by atoms with Crippen LogP contribution in [0.4, 0.5) is 8.78 Å². The molecule has 2 aliphatic heterocycles. The third-order valence-electron chi connectivity index (χ3n) is 13.5. The number of nitrogens with one attached hydrogen (secondary N) is 2. The highest BCUT2D eigenvalue weighted by atomic mass is 28.4. The first-order valence-electron chi connectivity index (χ1n) is 22.7. The van der Waals surface area contributed by atoms with Gasteiger partial charge in [-0.1, -0.05) is 112 Å². The number of nitrogens with zero attached hydrogens (tertiary/aromatic N) is 1. The van der Waals surface area contributed by atoms with Gasteiger partial charge in [-0.25, -0.2) is 8.78 Å². The number of ether oxygens (including phenoxy) is 4. The van der Waals surface area contributed by atoms with Crippen molar-refractivity contribution in [2.75, 3.05) is 6.61 Å². The van der Waals surface area contributed by atoms with Gasteiger partial charge in [0.1, 0.15) is 36.1 Å². The zero-order valence-electron chi connectivity index (χ0n) is 37.0. The Bertz CT molecular complexity index is 3060. The molecule has 10 rings (SSSR count). The number of H-pyrrole nitrogens is 1. The van der Waals surface area contributed by atoms with E-state index in [2.05, 4.69) is 31.1 Å². The standard InChI is InChI=1S/C53H51F2N3O7Si/c1-4-66(5-2,6-3)65-50-49(63-30-34-20-14-9-15-21-34)48(62-29-33-18-12-8-13-19-33)41(31-61-28-32-16-10-7-11-17-32)64-53(50)58-40-27-36(55)23-25-38(40)43-45-44(51(59)57-52(45)60)42-37-24-22-35(54)26-39(37)56-46(42)47(43)58/h7-27,41,48-50,53,56H,4-6,28-31H2,1-3H3,(H,57,59,60)/t41-,48-,49+,50-,53-/m1/s1. The van der Waals surface area contributed by atoms with Crippen LogP contribution in [0.5, 0.6) is 0 Å². The topological polar surface area (TPSA) is 113 Å². The van der Waals surface area contributed by atoms with E-state index < -0.39 is 62.4 Å². The largest absolute Gasteiger partial charge is 0.407 e. The number of benzene rings is 6. The van der Waals surface area contributed by atoms with Gasteiger partial charge in [-0.3, -0.25) is 14.9 Å². The molecule has 0 aliphatic carbocycles. The molecule has 4 heterocycles. The maximum absolute atomic E-state index is 16.0. The Morgan fingerprint density at radius 2 is 1.18 bits per heavy atom. The summed E-state index contributed by atoms with van der Waals surface area (Å²) in [5.41, 5.74) is 4.95. The van der Waals surface area contributed by atoms with Crippen LogP contribution in [0.3, 0.4) is 0 Å². The van der Waals surface area contributed by atoms with Crippen molar-refractivity contribution in [3.05, 3.63) is 167 Å². The molecule has 0 saturated carbocycles. The van der Waals surface area contributed by atoms with Crippen molar-refractivity contribution in [1.29, 1.82) is 0 Å². The highest BCUT2D eigenvalue weighted by Gasteiger charge is 2.52. The Hall–Kier alpha value is -6.06. The van der Waals surface area contributed by atoms with Crippen molar-refractivity contribution >= 4 is 63.7 Å². The van der Waals surface area contributed by atoms with Crippen LogP contribution in [-0.4, -0.2) is 60.7 Å². The fourth-order valence-electron chi connectivity index (χ4n) is 10.0. The van der Waals surface area contributed by atoms with Crippen LogP contribution >= 0.6 is 0 Å². The van der Waals surface area contributed by atoms with E-state index in [9.17, 15) is 9.59 Å². The smallest absolute Gasteiger partial charge is 0.259 e. The molecule has 6 aromatic carbocycles. The number of amides is 2. The molecular weight excluding hydrogens is 857 g/mol. The second-order valence-electron chi connectivity index (χ2n) is 17.3. The van der Waals surface area contributed by atoms with Crippen LogP contribution in [0.1, 0.15) is 64.4 Å². The van der Waals surface area contributed by atoms with Crippen molar-refractivity contribution in [3.63, 3.8) is 0 Å². The second-order valence-corrected chi connectivity index (χ2v) is 22.0. The Morgan fingerprint density at radius 3 is 1.79 bits per heavy atom. The molecule has 2 aliphatic rings. The maximum atomic E-state index is 16.0. The lowest BCUT2D eigenvalue weighted by Gasteiger charge is -2.49. The summed E-state index contributed by atoms with van der Waals surface area (Å²) in [6.45, 7) is 7.31. The monoisotopic (exact) mass is 907 g/mol. The van der Waals surface area contributed by atoms with Crippen molar-refractivity contribution in [1.82, 2.24) is 14.9 Å². The van der Waals surface area contributed by atoms with Gasteiger partial charge in [-0.05, 0) is 71.2 Å². The van der Waals surface area contributed by atoms with E-state index in [0.717, 1.165) is 34.8 Å². The number of carbonyl (C=O) groups is 2. The van der Waals surface area contributed by atoms with Crippen molar-refractivity contribution in [2.45, 2.75) is 89.4 Å². The van der Waals surface area contributed by atoms with Crippen molar-refractivity contribution in [2.24, 2.45) is 0 Å². The predicted molar refractivity (Wildman–Crippen MR) is 253 cm³/mol.